The van der Waals surface area contributed by atoms with Gasteiger partial charge >= 0.3 is 6.09 Å². The molecule has 34 heavy (non-hydrogen) atoms. The fourth-order valence-corrected chi connectivity index (χ4v) is 4.96. The lowest BCUT2D eigenvalue weighted by Crippen LogP contribution is -2.50. The van der Waals surface area contributed by atoms with Gasteiger partial charge in [0.25, 0.3) is 11.8 Å². The quantitative estimate of drug-likeness (QED) is 0.620. The van der Waals surface area contributed by atoms with Crippen molar-refractivity contribution in [3.63, 3.8) is 0 Å². The Morgan fingerprint density at radius 2 is 1.71 bits per heavy atom. The number of ether oxygens (including phenoxy) is 2. The van der Waals surface area contributed by atoms with Crippen molar-refractivity contribution >= 4 is 41.4 Å². The summed E-state index contributed by atoms with van der Waals surface area (Å²) in [5.41, 5.74) is 2.13. The van der Waals surface area contributed by atoms with Crippen LogP contribution >= 0.6 is 11.8 Å². The zero-order valence-corrected chi connectivity index (χ0v) is 20.3. The van der Waals surface area contributed by atoms with Gasteiger partial charge in [0.2, 0.25) is 0 Å². The number of anilines is 1. The first-order valence-electron chi connectivity index (χ1n) is 11.1. The molecule has 3 amide bonds. The lowest BCUT2D eigenvalue weighted by Gasteiger charge is -2.34. The van der Waals surface area contributed by atoms with Crippen molar-refractivity contribution in [1.29, 1.82) is 0 Å². The molecule has 0 aromatic heterocycles. The van der Waals surface area contributed by atoms with Crippen molar-refractivity contribution in [3.05, 3.63) is 58.5 Å². The van der Waals surface area contributed by atoms with Crippen LogP contribution in [0, 0.1) is 0 Å². The monoisotopic (exact) mass is 481 g/mol. The van der Waals surface area contributed by atoms with Crippen LogP contribution in [0.15, 0.2) is 52.3 Å². The van der Waals surface area contributed by atoms with Gasteiger partial charge in [-0.1, -0.05) is 23.9 Å². The van der Waals surface area contributed by atoms with Gasteiger partial charge in [0.1, 0.15) is 5.75 Å². The van der Waals surface area contributed by atoms with Gasteiger partial charge < -0.3 is 24.2 Å². The number of carbonyl (C=O) groups excluding carboxylic acids is 3. The summed E-state index contributed by atoms with van der Waals surface area (Å²) >= 11 is 1.39. The molecule has 0 unspecified atom stereocenters. The maximum atomic E-state index is 13.1. The Morgan fingerprint density at radius 1 is 1.03 bits per heavy atom. The number of hydrogen-bond acceptors (Lipinski definition) is 6. The van der Waals surface area contributed by atoms with E-state index in [2.05, 4.69) is 0 Å². The number of likely N-dealkylation sites (N-methyl/N-ethyl adjacent to an activating group) is 1. The molecule has 0 spiro atoms. The van der Waals surface area contributed by atoms with E-state index < -0.39 is 0 Å². The average Bonchev–Trinajstić information content (AvgIpc) is 2.87. The third kappa shape index (κ3) is 4.89. The van der Waals surface area contributed by atoms with Crippen molar-refractivity contribution in [2.24, 2.45) is 0 Å². The van der Waals surface area contributed by atoms with E-state index in [-0.39, 0.29) is 17.9 Å². The molecule has 0 radical (unpaired) electrons. The minimum absolute atomic E-state index is 0.114. The van der Waals surface area contributed by atoms with Gasteiger partial charge in [-0.25, -0.2) is 4.79 Å². The highest BCUT2D eigenvalue weighted by Crippen LogP contribution is 2.42. The first-order valence-corrected chi connectivity index (χ1v) is 11.9. The molecule has 2 aliphatic heterocycles. The summed E-state index contributed by atoms with van der Waals surface area (Å²) in [5, 5.41) is 0. The van der Waals surface area contributed by atoms with Crippen molar-refractivity contribution in [2.45, 2.75) is 11.8 Å². The molecule has 2 heterocycles. The van der Waals surface area contributed by atoms with E-state index in [9.17, 15) is 14.4 Å². The molecule has 178 valence electrons. The summed E-state index contributed by atoms with van der Waals surface area (Å²) in [6.45, 7) is 3.84. The third-order valence-electron chi connectivity index (χ3n) is 5.81. The molecule has 0 aliphatic carbocycles. The molecule has 4 rings (SSSR count). The second-order valence-corrected chi connectivity index (χ2v) is 8.99. The minimum Gasteiger partial charge on any atom is -0.497 e. The molecular formula is C25H27N3O5S. The standard InChI is InChI=1S/C25H27N3O5S/c1-4-33-25(31)28-13-11-27(12-14-28)23(29)18-7-10-21-20(16-18)26(2)24(30)22(34-21)15-17-5-8-19(32-3)9-6-17/h5-10,15-16H,4,11-14H2,1-3H3/b22-15-. The van der Waals surface area contributed by atoms with Crippen LogP contribution in [0.5, 0.6) is 5.75 Å². The second kappa shape index (κ2) is 10.2. The summed E-state index contributed by atoms with van der Waals surface area (Å²) in [6.07, 6.45) is 1.51. The van der Waals surface area contributed by atoms with Crippen LogP contribution in [0.1, 0.15) is 22.8 Å². The van der Waals surface area contributed by atoms with Crippen LogP contribution in [-0.4, -0.2) is 74.7 Å². The number of hydrogen-bond donors (Lipinski definition) is 0. The number of benzene rings is 2. The molecule has 0 bridgehead atoms. The minimum atomic E-state index is -0.348. The summed E-state index contributed by atoms with van der Waals surface area (Å²) in [4.78, 5) is 44.4. The van der Waals surface area contributed by atoms with Crippen LogP contribution in [0.4, 0.5) is 10.5 Å². The van der Waals surface area contributed by atoms with Crippen LogP contribution < -0.4 is 9.64 Å². The molecular weight excluding hydrogens is 454 g/mol. The normalized spacial score (nSPS) is 17.0. The molecule has 8 nitrogen and oxygen atoms in total. The number of amides is 3. The first-order chi connectivity index (χ1) is 16.4. The van der Waals surface area contributed by atoms with Gasteiger partial charge in [0, 0.05) is 43.7 Å². The van der Waals surface area contributed by atoms with Gasteiger partial charge in [-0.05, 0) is 48.9 Å². The van der Waals surface area contributed by atoms with E-state index in [1.165, 1.54) is 11.8 Å². The van der Waals surface area contributed by atoms with Gasteiger partial charge in [0.05, 0.1) is 24.3 Å². The molecule has 2 aromatic carbocycles. The number of thioether (sulfide) groups is 1. The van der Waals surface area contributed by atoms with E-state index in [0.717, 1.165) is 16.2 Å². The Balaban J connectivity index is 1.48. The zero-order chi connectivity index (χ0) is 24.2. The van der Waals surface area contributed by atoms with E-state index >= 15 is 0 Å². The fraction of sp³-hybridized carbons (Fsp3) is 0.320. The Hall–Kier alpha value is -3.46. The number of methoxy groups -OCH3 is 1. The lowest BCUT2D eigenvalue weighted by molar-refractivity contribution is -0.114. The fourth-order valence-electron chi connectivity index (χ4n) is 3.87. The third-order valence-corrected chi connectivity index (χ3v) is 6.89. The van der Waals surface area contributed by atoms with Gasteiger partial charge in [-0.2, -0.15) is 0 Å². The highest BCUT2D eigenvalue weighted by molar-refractivity contribution is 8.04. The van der Waals surface area contributed by atoms with Gasteiger partial charge in [-0.15, -0.1) is 0 Å². The van der Waals surface area contributed by atoms with Crippen LogP contribution in [0.3, 0.4) is 0 Å². The maximum Gasteiger partial charge on any atom is 0.409 e. The van der Waals surface area contributed by atoms with Crippen molar-refractivity contribution < 1.29 is 23.9 Å². The summed E-state index contributed by atoms with van der Waals surface area (Å²) in [6, 6.07) is 13.0. The molecule has 0 saturated carbocycles. The molecule has 1 fully saturated rings. The van der Waals surface area contributed by atoms with Crippen LogP contribution in [0.25, 0.3) is 6.08 Å². The predicted molar refractivity (Wildman–Crippen MR) is 131 cm³/mol. The Kier molecular flexibility index (Phi) is 7.12. The van der Waals surface area contributed by atoms with Crippen molar-refractivity contribution in [2.75, 3.05) is 51.8 Å². The predicted octanol–water partition coefficient (Wildman–Crippen LogP) is 3.72. The van der Waals surface area contributed by atoms with E-state index in [4.69, 9.17) is 9.47 Å². The summed E-state index contributed by atoms with van der Waals surface area (Å²) in [5.74, 6) is 0.518. The smallest absolute Gasteiger partial charge is 0.409 e. The average molecular weight is 482 g/mol. The highest BCUT2D eigenvalue weighted by atomic mass is 32.2. The zero-order valence-electron chi connectivity index (χ0n) is 19.4. The molecule has 2 aromatic rings. The van der Waals surface area contributed by atoms with Crippen LogP contribution in [-0.2, 0) is 9.53 Å². The van der Waals surface area contributed by atoms with Crippen molar-refractivity contribution in [1.82, 2.24) is 9.80 Å². The molecule has 2 aliphatic rings. The van der Waals surface area contributed by atoms with E-state index in [0.29, 0.717) is 48.9 Å². The Bertz CT molecular complexity index is 1120. The highest BCUT2D eigenvalue weighted by Gasteiger charge is 2.29. The SMILES string of the molecule is CCOC(=O)N1CCN(C(=O)c2ccc3c(c2)N(C)C(=O)/C(=C/c2ccc(OC)cc2)S3)CC1. The van der Waals surface area contributed by atoms with Gasteiger partial charge in [-0.3, -0.25) is 9.59 Å². The molecule has 1 saturated heterocycles. The molecule has 0 N–H and O–H groups in total. The van der Waals surface area contributed by atoms with Gasteiger partial charge in [0.15, 0.2) is 0 Å². The second-order valence-electron chi connectivity index (χ2n) is 7.91. The van der Waals surface area contributed by atoms with E-state index in [1.807, 2.05) is 36.4 Å². The van der Waals surface area contributed by atoms with Crippen LogP contribution in [0.2, 0.25) is 0 Å². The number of fused-ring (bicyclic) bond motifs is 1. The van der Waals surface area contributed by atoms with Crippen molar-refractivity contribution in [3.8, 4) is 5.75 Å². The number of piperazine rings is 1. The topological polar surface area (TPSA) is 79.4 Å². The maximum absolute atomic E-state index is 13.1. The number of carbonyl (C=O) groups is 3. The largest absolute Gasteiger partial charge is 0.497 e. The Morgan fingerprint density at radius 3 is 2.35 bits per heavy atom. The number of rotatable bonds is 4. The summed E-state index contributed by atoms with van der Waals surface area (Å²) in [7, 11) is 3.33. The molecule has 9 heteroatoms. The first kappa shape index (κ1) is 23.7. The lowest BCUT2D eigenvalue weighted by atomic mass is 10.1. The van der Waals surface area contributed by atoms with E-state index in [1.54, 1.807) is 47.9 Å². The molecule has 0 atom stereocenters. The number of nitrogens with zero attached hydrogens (tertiary/aromatic N) is 3. The Labute approximate surface area is 203 Å². The summed E-state index contributed by atoms with van der Waals surface area (Å²) < 4.78 is 10.2.